The number of benzene rings is 1. The first-order valence-electron chi connectivity index (χ1n) is 7.86. The van der Waals surface area contributed by atoms with Crippen molar-refractivity contribution in [3.63, 3.8) is 0 Å². The number of Topliss-reactive ketones (excluding diaryl/α,β-unsaturated/α-hetero) is 1. The number of rotatable bonds is 7. The van der Waals surface area contributed by atoms with Gasteiger partial charge in [-0.25, -0.2) is 4.68 Å². The van der Waals surface area contributed by atoms with Gasteiger partial charge in [0.05, 0.1) is 31.1 Å². The summed E-state index contributed by atoms with van der Waals surface area (Å²) in [5, 5.41) is 12.4. The van der Waals surface area contributed by atoms with Crippen molar-refractivity contribution in [2.75, 3.05) is 19.5 Å². The second-order valence-corrected chi connectivity index (χ2v) is 6.64. The fourth-order valence-electron chi connectivity index (χ4n) is 2.64. The van der Waals surface area contributed by atoms with Gasteiger partial charge in [-0.15, -0.1) is 5.10 Å². The third kappa shape index (κ3) is 3.93. The van der Waals surface area contributed by atoms with Gasteiger partial charge < -0.3 is 9.47 Å². The first-order chi connectivity index (χ1) is 11.7. The molecule has 1 aliphatic rings. The molecule has 128 valence electrons. The highest BCUT2D eigenvalue weighted by molar-refractivity contribution is 7.99. The standard InChI is InChI=1S/C16H20N4O3S/c1-11-5-6-15(22-2)13(8-11)14(21)10-24-16-17-18-19-20(16)9-12-4-3-7-23-12/h5-6,8,12H,3-4,7,9-10H2,1-2H3/t12-/m0/s1. The van der Waals surface area contributed by atoms with E-state index in [1.54, 1.807) is 11.8 Å². The quantitative estimate of drug-likeness (QED) is 0.560. The molecule has 0 unspecified atom stereocenters. The van der Waals surface area contributed by atoms with Gasteiger partial charge in [-0.1, -0.05) is 23.4 Å². The maximum absolute atomic E-state index is 12.5. The summed E-state index contributed by atoms with van der Waals surface area (Å²) >= 11 is 1.33. The Balaban J connectivity index is 1.64. The minimum atomic E-state index is -0.00721. The van der Waals surface area contributed by atoms with Gasteiger partial charge >= 0.3 is 0 Å². The van der Waals surface area contributed by atoms with Gasteiger partial charge in [0.15, 0.2) is 5.78 Å². The van der Waals surface area contributed by atoms with Gasteiger partial charge in [-0.3, -0.25) is 4.79 Å². The van der Waals surface area contributed by atoms with Crippen molar-refractivity contribution in [3.8, 4) is 5.75 Å². The molecule has 2 aromatic rings. The molecular weight excluding hydrogens is 328 g/mol. The Bertz CT molecular complexity index is 713. The molecule has 0 spiro atoms. The van der Waals surface area contributed by atoms with Crippen molar-refractivity contribution in [2.45, 2.75) is 37.6 Å². The average molecular weight is 348 g/mol. The highest BCUT2D eigenvalue weighted by Gasteiger charge is 2.20. The van der Waals surface area contributed by atoms with Crippen molar-refractivity contribution in [2.24, 2.45) is 0 Å². The van der Waals surface area contributed by atoms with Crippen LogP contribution in [-0.2, 0) is 11.3 Å². The molecule has 1 aromatic heterocycles. The van der Waals surface area contributed by atoms with Gasteiger partial charge in [0.25, 0.3) is 0 Å². The molecule has 2 heterocycles. The molecule has 0 amide bonds. The van der Waals surface area contributed by atoms with E-state index in [9.17, 15) is 4.79 Å². The maximum Gasteiger partial charge on any atom is 0.209 e. The molecule has 1 aromatic carbocycles. The van der Waals surface area contributed by atoms with Crippen LogP contribution < -0.4 is 4.74 Å². The summed E-state index contributed by atoms with van der Waals surface area (Å²) < 4.78 is 12.6. The first-order valence-corrected chi connectivity index (χ1v) is 8.84. The van der Waals surface area contributed by atoms with Crippen LogP contribution in [0.1, 0.15) is 28.8 Å². The van der Waals surface area contributed by atoms with Gasteiger partial charge in [-0.05, 0) is 42.3 Å². The number of carbonyl (C=O) groups excluding carboxylic acids is 1. The van der Waals surface area contributed by atoms with E-state index in [2.05, 4.69) is 15.5 Å². The monoisotopic (exact) mass is 348 g/mol. The Morgan fingerprint density at radius 2 is 2.38 bits per heavy atom. The van der Waals surface area contributed by atoms with E-state index < -0.39 is 0 Å². The second-order valence-electron chi connectivity index (χ2n) is 5.69. The van der Waals surface area contributed by atoms with E-state index >= 15 is 0 Å². The Labute approximate surface area is 144 Å². The number of hydrogen-bond donors (Lipinski definition) is 0. The molecule has 8 heteroatoms. The zero-order chi connectivity index (χ0) is 16.9. The molecule has 1 atom stereocenters. The number of tetrazole rings is 1. The summed E-state index contributed by atoms with van der Waals surface area (Å²) in [5.74, 6) is 0.837. The molecule has 3 rings (SSSR count). The second kappa shape index (κ2) is 7.76. The van der Waals surface area contributed by atoms with E-state index in [0.717, 1.165) is 25.0 Å². The van der Waals surface area contributed by atoms with E-state index in [0.29, 0.717) is 23.0 Å². The van der Waals surface area contributed by atoms with Crippen LogP contribution in [0.25, 0.3) is 0 Å². The summed E-state index contributed by atoms with van der Waals surface area (Å²) in [6.45, 7) is 3.36. The molecule has 0 saturated carbocycles. The molecule has 0 aliphatic carbocycles. The van der Waals surface area contributed by atoms with Gasteiger partial charge in [0.1, 0.15) is 5.75 Å². The van der Waals surface area contributed by atoms with Crippen molar-refractivity contribution >= 4 is 17.5 Å². The molecule has 0 N–H and O–H groups in total. The largest absolute Gasteiger partial charge is 0.496 e. The van der Waals surface area contributed by atoms with Crippen LogP contribution in [0.2, 0.25) is 0 Å². The topological polar surface area (TPSA) is 79.1 Å². The minimum absolute atomic E-state index is 0.00721. The van der Waals surface area contributed by atoms with Gasteiger partial charge in [0.2, 0.25) is 5.16 Å². The van der Waals surface area contributed by atoms with Crippen LogP contribution in [0, 0.1) is 6.92 Å². The minimum Gasteiger partial charge on any atom is -0.496 e. The van der Waals surface area contributed by atoms with E-state index in [4.69, 9.17) is 9.47 Å². The van der Waals surface area contributed by atoms with Gasteiger partial charge in [0, 0.05) is 6.61 Å². The van der Waals surface area contributed by atoms with Crippen molar-refractivity contribution in [1.29, 1.82) is 0 Å². The summed E-state index contributed by atoms with van der Waals surface area (Å²) in [5.41, 5.74) is 1.61. The van der Waals surface area contributed by atoms with E-state index in [-0.39, 0.29) is 17.6 Å². The molecule has 0 bridgehead atoms. The number of ketones is 1. The van der Waals surface area contributed by atoms with Crippen LogP contribution in [0.15, 0.2) is 23.4 Å². The van der Waals surface area contributed by atoms with E-state index in [1.807, 2.05) is 25.1 Å². The summed E-state index contributed by atoms with van der Waals surface area (Å²) in [6, 6.07) is 5.58. The number of aryl methyl sites for hydroxylation is 1. The Kier molecular flexibility index (Phi) is 5.47. The van der Waals surface area contributed by atoms with Crippen molar-refractivity contribution < 1.29 is 14.3 Å². The number of methoxy groups -OCH3 is 1. The third-order valence-corrected chi connectivity index (χ3v) is 4.84. The molecule has 7 nitrogen and oxygen atoms in total. The number of ether oxygens (including phenoxy) is 2. The van der Waals surface area contributed by atoms with E-state index in [1.165, 1.54) is 11.8 Å². The summed E-state index contributed by atoms with van der Waals surface area (Å²) in [6.07, 6.45) is 2.24. The number of aromatic nitrogens is 4. The van der Waals surface area contributed by atoms with Crippen molar-refractivity contribution in [1.82, 2.24) is 20.2 Å². The lowest BCUT2D eigenvalue weighted by molar-refractivity contribution is 0.0912. The predicted octanol–water partition coefficient (Wildman–Crippen LogP) is 2.14. The number of carbonyl (C=O) groups is 1. The zero-order valence-corrected chi connectivity index (χ0v) is 14.6. The molecular formula is C16H20N4O3S. The van der Waals surface area contributed by atoms with Crippen LogP contribution in [-0.4, -0.2) is 51.6 Å². The summed E-state index contributed by atoms with van der Waals surface area (Å²) in [4.78, 5) is 12.5. The fraction of sp³-hybridized carbons (Fsp3) is 0.500. The van der Waals surface area contributed by atoms with Crippen LogP contribution >= 0.6 is 11.8 Å². The lowest BCUT2D eigenvalue weighted by Gasteiger charge is -2.10. The Morgan fingerprint density at radius 3 is 3.12 bits per heavy atom. The smallest absolute Gasteiger partial charge is 0.209 e. The highest BCUT2D eigenvalue weighted by Crippen LogP contribution is 2.24. The molecule has 24 heavy (non-hydrogen) atoms. The molecule has 1 saturated heterocycles. The highest BCUT2D eigenvalue weighted by atomic mass is 32.2. The zero-order valence-electron chi connectivity index (χ0n) is 13.8. The lowest BCUT2D eigenvalue weighted by atomic mass is 10.1. The summed E-state index contributed by atoms with van der Waals surface area (Å²) in [7, 11) is 1.57. The lowest BCUT2D eigenvalue weighted by Crippen LogP contribution is -2.17. The van der Waals surface area contributed by atoms with Crippen LogP contribution in [0.5, 0.6) is 5.75 Å². The SMILES string of the molecule is COc1ccc(C)cc1C(=O)CSc1nnnn1C[C@@H]1CCCO1. The molecule has 0 radical (unpaired) electrons. The fourth-order valence-corrected chi connectivity index (χ4v) is 3.41. The normalized spacial score (nSPS) is 17.2. The van der Waals surface area contributed by atoms with Crippen LogP contribution in [0.4, 0.5) is 0 Å². The Hall–Kier alpha value is -1.93. The first kappa shape index (κ1) is 16.9. The van der Waals surface area contributed by atoms with Crippen molar-refractivity contribution in [3.05, 3.63) is 29.3 Å². The number of thioether (sulfide) groups is 1. The van der Waals surface area contributed by atoms with Crippen LogP contribution in [0.3, 0.4) is 0 Å². The number of hydrogen-bond acceptors (Lipinski definition) is 7. The maximum atomic E-state index is 12.5. The molecule has 1 fully saturated rings. The third-order valence-electron chi connectivity index (χ3n) is 3.89. The predicted molar refractivity (Wildman–Crippen MR) is 89.6 cm³/mol. The van der Waals surface area contributed by atoms with Gasteiger partial charge in [-0.2, -0.15) is 0 Å². The number of nitrogens with zero attached hydrogens (tertiary/aromatic N) is 4. The molecule has 1 aliphatic heterocycles. The average Bonchev–Trinajstić information content (AvgIpc) is 3.25. The Morgan fingerprint density at radius 1 is 1.50 bits per heavy atom.